The van der Waals surface area contributed by atoms with Crippen LogP contribution in [0.2, 0.25) is 0 Å². The quantitative estimate of drug-likeness (QED) is 0.758. The second-order valence-corrected chi connectivity index (χ2v) is 6.90. The predicted octanol–water partition coefficient (Wildman–Crippen LogP) is 4.69. The molecule has 1 aromatic rings. The lowest BCUT2D eigenvalue weighted by Gasteiger charge is -2.30. The lowest BCUT2D eigenvalue weighted by atomic mass is 9.81. The first-order valence-corrected chi connectivity index (χ1v) is 8.87. The summed E-state index contributed by atoms with van der Waals surface area (Å²) in [4.78, 5) is 4.33. The average molecular weight is 368 g/mol. The number of allylic oxidation sites excluding steroid dienone is 3. The van der Waals surface area contributed by atoms with Gasteiger partial charge in [0.2, 0.25) is 0 Å². The first-order chi connectivity index (χ1) is 12.2. The maximum atomic E-state index is 13.0. The number of ether oxygens (including phenoxy) is 1. The Morgan fingerprint density at radius 1 is 1.27 bits per heavy atom. The predicted molar refractivity (Wildman–Crippen MR) is 96.5 cm³/mol. The Bertz CT molecular complexity index is 628. The summed E-state index contributed by atoms with van der Waals surface area (Å²) < 4.78 is 44.6. The van der Waals surface area contributed by atoms with E-state index in [9.17, 15) is 13.2 Å². The molecule has 3 nitrogen and oxygen atoms in total. The van der Waals surface area contributed by atoms with Crippen molar-refractivity contribution in [1.29, 1.82) is 0 Å². The lowest BCUT2D eigenvalue weighted by molar-refractivity contribution is -0.169. The van der Waals surface area contributed by atoms with Gasteiger partial charge in [0.15, 0.2) is 0 Å². The van der Waals surface area contributed by atoms with Crippen LogP contribution in [0.1, 0.15) is 32.5 Å². The minimum absolute atomic E-state index is 0.0173. The number of pyridine rings is 1. The fourth-order valence-corrected chi connectivity index (χ4v) is 3.27. The van der Waals surface area contributed by atoms with E-state index >= 15 is 0 Å². The molecule has 1 aliphatic carbocycles. The Labute approximate surface area is 153 Å². The zero-order valence-corrected chi connectivity index (χ0v) is 15.6. The normalized spacial score (nSPS) is 24.0. The molecule has 0 aromatic carbocycles. The highest BCUT2D eigenvalue weighted by molar-refractivity contribution is 5.29. The molecule has 0 fully saturated rings. The third-order valence-electron chi connectivity index (χ3n) is 5.04. The van der Waals surface area contributed by atoms with Gasteiger partial charge in [0.05, 0.1) is 17.7 Å². The molecule has 26 heavy (non-hydrogen) atoms. The Morgan fingerprint density at radius 3 is 2.54 bits per heavy atom. The number of nitrogens with zero attached hydrogens (tertiary/aromatic N) is 1. The van der Waals surface area contributed by atoms with Crippen LogP contribution in [0.4, 0.5) is 13.2 Å². The topological polar surface area (TPSA) is 34.1 Å². The molecule has 0 radical (unpaired) electrons. The maximum absolute atomic E-state index is 13.0. The molecule has 6 heteroatoms. The largest absolute Gasteiger partial charge is 0.395 e. The molecule has 144 valence electrons. The minimum atomic E-state index is -4.21. The highest BCUT2D eigenvalue weighted by Gasteiger charge is 2.42. The van der Waals surface area contributed by atoms with Crippen molar-refractivity contribution in [3.8, 4) is 0 Å². The van der Waals surface area contributed by atoms with Crippen LogP contribution in [0.25, 0.3) is 0 Å². The van der Waals surface area contributed by atoms with Crippen LogP contribution >= 0.6 is 0 Å². The zero-order chi connectivity index (χ0) is 19.3. The molecule has 2 rings (SSSR count). The molecule has 1 N–H and O–H groups in total. The van der Waals surface area contributed by atoms with Crippen LogP contribution in [0.3, 0.4) is 0 Å². The third kappa shape index (κ3) is 5.17. The molecule has 0 bridgehead atoms. The second-order valence-electron chi connectivity index (χ2n) is 6.90. The van der Waals surface area contributed by atoms with Crippen LogP contribution in [0.15, 0.2) is 48.2 Å². The van der Waals surface area contributed by atoms with Crippen molar-refractivity contribution >= 4 is 0 Å². The summed E-state index contributed by atoms with van der Waals surface area (Å²) in [6.07, 6.45) is 1.98. The first-order valence-electron chi connectivity index (χ1n) is 8.87. The summed E-state index contributed by atoms with van der Waals surface area (Å²) in [5, 5.41) is 3.40. The number of halogens is 3. The summed E-state index contributed by atoms with van der Waals surface area (Å²) in [6, 6.07) is 5.82. The van der Waals surface area contributed by atoms with Gasteiger partial charge in [0.1, 0.15) is 0 Å². The number of hydrogen-bond donors (Lipinski definition) is 1. The number of nitrogens with one attached hydrogen (secondary N) is 1. The van der Waals surface area contributed by atoms with Gasteiger partial charge in [-0.15, -0.1) is 0 Å². The van der Waals surface area contributed by atoms with Crippen LogP contribution in [-0.2, 0) is 4.74 Å². The smallest absolute Gasteiger partial charge is 0.380 e. The highest BCUT2D eigenvalue weighted by atomic mass is 19.4. The summed E-state index contributed by atoms with van der Waals surface area (Å²) in [5.74, 6) is -2.01. The monoisotopic (exact) mass is 368 g/mol. The molecule has 1 heterocycles. The number of rotatable bonds is 7. The molecule has 1 aliphatic rings. The summed E-state index contributed by atoms with van der Waals surface area (Å²) in [6.45, 7) is 6.20. The van der Waals surface area contributed by atoms with Crippen molar-refractivity contribution in [2.24, 2.45) is 17.8 Å². The molecule has 5 unspecified atom stereocenters. The average Bonchev–Trinajstić information content (AvgIpc) is 2.61. The third-order valence-corrected chi connectivity index (χ3v) is 5.04. The molecule has 0 aliphatic heterocycles. The van der Waals surface area contributed by atoms with Crippen molar-refractivity contribution in [3.63, 3.8) is 0 Å². The van der Waals surface area contributed by atoms with Gasteiger partial charge in [-0.05, 0) is 30.5 Å². The van der Waals surface area contributed by atoms with Gasteiger partial charge in [0.25, 0.3) is 0 Å². The van der Waals surface area contributed by atoms with E-state index < -0.39 is 18.0 Å². The molecule has 0 amide bonds. The van der Waals surface area contributed by atoms with Crippen molar-refractivity contribution in [1.82, 2.24) is 10.3 Å². The van der Waals surface area contributed by atoms with Crippen LogP contribution in [0, 0.1) is 17.8 Å². The molecule has 1 aromatic heterocycles. The van der Waals surface area contributed by atoms with Crippen molar-refractivity contribution in [3.05, 3.63) is 53.9 Å². The van der Waals surface area contributed by atoms with Gasteiger partial charge >= 0.3 is 6.18 Å². The van der Waals surface area contributed by atoms with E-state index in [1.807, 2.05) is 32.0 Å². The highest BCUT2D eigenvalue weighted by Crippen LogP contribution is 2.38. The van der Waals surface area contributed by atoms with Crippen molar-refractivity contribution in [2.45, 2.75) is 39.1 Å². The SMILES string of the molecule is COC(CNC(C)c1ccccn1)C(C)C1=CC(C)C(C(F)(F)F)C=C1. The van der Waals surface area contributed by atoms with E-state index in [-0.39, 0.29) is 18.1 Å². The van der Waals surface area contributed by atoms with Crippen molar-refractivity contribution < 1.29 is 17.9 Å². The minimum Gasteiger partial charge on any atom is -0.380 e. The van der Waals surface area contributed by atoms with E-state index in [1.165, 1.54) is 6.08 Å². The second kappa shape index (κ2) is 8.82. The van der Waals surface area contributed by atoms with E-state index in [4.69, 9.17) is 4.74 Å². The van der Waals surface area contributed by atoms with Gasteiger partial charge in [-0.3, -0.25) is 4.98 Å². The van der Waals surface area contributed by atoms with Gasteiger partial charge in [-0.1, -0.05) is 38.1 Å². The van der Waals surface area contributed by atoms with E-state index in [0.29, 0.717) is 6.54 Å². The number of hydrogen-bond acceptors (Lipinski definition) is 3. The Balaban J connectivity index is 1.98. The zero-order valence-electron chi connectivity index (χ0n) is 15.6. The fraction of sp³-hybridized carbons (Fsp3) is 0.550. The van der Waals surface area contributed by atoms with Gasteiger partial charge in [-0.25, -0.2) is 0 Å². The Kier molecular flexibility index (Phi) is 7.01. The Hall–Kier alpha value is -1.66. The number of alkyl halides is 3. The van der Waals surface area contributed by atoms with Gasteiger partial charge in [0, 0.05) is 31.8 Å². The van der Waals surface area contributed by atoms with E-state index in [0.717, 1.165) is 11.3 Å². The number of aromatic nitrogens is 1. The number of methoxy groups -OCH3 is 1. The van der Waals surface area contributed by atoms with Crippen molar-refractivity contribution in [2.75, 3.05) is 13.7 Å². The summed E-state index contributed by atoms with van der Waals surface area (Å²) in [7, 11) is 1.63. The van der Waals surface area contributed by atoms with E-state index in [2.05, 4.69) is 10.3 Å². The van der Waals surface area contributed by atoms with Crippen LogP contribution in [-0.4, -0.2) is 30.9 Å². The standard InChI is InChI=1S/C20H27F3N2O/c1-13-11-16(8-9-17(13)20(21,22)23)14(2)19(26-4)12-25-15(3)18-7-5-6-10-24-18/h5-11,13-15,17,19,25H,12H2,1-4H3. The van der Waals surface area contributed by atoms with Gasteiger partial charge < -0.3 is 10.1 Å². The lowest BCUT2D eigenvalue weighted by Crippen LogP contribution is -2.36. The molecular weight excluding hydrogens is 341 g/mol. The first kappa shape index (κ1) is 20.6. The molecule has 0 spiro atoms. The molecule has 0 saturated carbocycles. The summed E-state index contributed by atoms with van der Waals surface area (Å²) in [5.41, 5.74) is 1.82. The fourth-order valence-electron chi connectivity index (χ4n) is 3.27. The molecule has 0 saturated heterocycles. The summed E-state index contributed by atoms with van der Waals surface area (Å²) >= 11 is 0. The van der Waals surface area contributed by atoms with E-state index in [1.54, 1.807) is 32.4 Å². The molecular formula is C20H27F3N2O. The van der Waals surface area contributed by atoms with Crippen LogP contribution in [0.5, 0.6) is 0 Å². The van der Waals surface area contributed by atoms with Gasteiger partial charge in [-0.2, -0.15) is 13.2 Å². The molecule has 5 atom stereocenters. The van der Waals surface area contributed by atoms with Crippen LogP contribution < -0.4 is 5.32 Å². The maximum Gasteiger partial charge on any atom is 0.395 e. The Morgan fingerprint density at radius 2 is 2.00 bits per heavy atom.